The molecule has 0 aliphatic heterocycles. The zero-order valence-electron chi connectivity index (χ0n) is 11.1. The number of nitrogen functional groups attached to an aromatic ring is 1. The molecule has 0 aromatic carbocycles. The van der Waals surface area contributed by atoms with Gasteiger partial charge >= 0.3 is 0 Å². The molecule has 1 amide bonds. The van der Waals surface area contributed by atoms with E-state index >= 15 is 0 Å². The molecule has 0 saturated carbocycles. The standard InChI is InChI=1S/C12H15Cl3N4O/c1-3-4-5-6(2)18-19-12(20)10-7(13)9(16)8(14)11(15)17-10/h3-5H2,1-2H3,(H2,16,17)(H,19,20)/b18-6+. The van der Waals surface area contributed by atoms with Crippen molar-refractivity contribution in [3.8, 4) is 0 Å². The molecule has 0 aliphatic rings. The lowest BCUT2D eigenvalue weighted by Crippen LogP contribution is -2.21. The van der Waals surface area contributed by atoms with Crippen LogP contribution >= 0.6 is 34.8 Å². The van der Waals surface area contributed by atoms with Gasteiger partial charge in [0.1, 0.15) is 5.02 Å². The molecule has 0 spiro atoms. The summed E-state index contributed by atoms with van der Waals surface area (Å²) in [6.45, 7) is 3.90. The topological polar surface area (TPSA) is 80.4 Å². The van der Waals surface area contributed by atoms with Crippen molar-refractivity contribution in [2.24, 2.45) is 5.10 Å². The highest BCUT2D eigenvalue weighted by Gasteiger charge is 2.19. The third-order valence-electron chi connectivity index (χ3n) is 2.53. The minimum atomic E-state index is -0.587. The molecule has 0 saturated heterocycles. The van der Waals surface area contributed by atoms with Crippen molar-refractivity contribution in [2.45, 2.75) is 33.1 Å². The Kier molecular flexibility index (Phi) is 6.52. The van der Waals surface area contributed by atoms with Crippen LogP contribution in [0.1, 0.15) is 43.6 Å². The second kappa shape index (κ2) is 7.67. The Hall–Kier alpha value is -1.04. The number of rotatable bonds is 5. The van der Waals surface area contributed by atoms with E-state index in [9.17, 15) is 4.79 Å². The van der Waals surface area contributed by atoms with Crippen LogP contribution in [0.4, 0.5) is 5.69 Å². The first kappa shape index (κ1) is 17.0. The molecule has 5 nitrogen and oxygen atoms in total. The van der Waals surface area contributed by atoms with Gasteiger partial charge in [-0.05, 0) is 19.8 Å². The van der Waals surface area contributed by atoms with Crippen LogP contribution in [-0.2, 0) is 0 Å². The number of pyridine rings is 1. The van der Waals surface area contributed by atoms with Crippen LogP contribution in [0.25, 0.3) is 0 Å². The van der Waals surface area contributed by atoms with Gasteiger partial charge in [-0.15, -0.1) is 0 Å². The van der Waals surface area contributed by atoms with Gasteiger partial charge in [0.05, 0.1) is 10.7 Å². The molecule has 1 aromatic heterocycles. The van der Waals surface area contributed by atoms with Crippen molar-refractivity contribution in [3.63, 3.8) is 0 Å². The number of anilines is 1. The lowest BCUT2D eigenvalue weighted by atomic mass is 10.2. The Morgan fingerprint density at radius 2 is 2.00 bits per heavy atom. The highest BCUT2D eigenvalue weighted by molar-refractivity contribution is 6.46. The number of hydrazone groups is 1. The Morgan fingerprint density at radius 3 is 2.60 bits per heavy atom. The quantitative estimate of drug-likeness (QED) is 0.485. The molecule has 8 heteroatoms. The van der Waals surface area contributed by atoms with E-state index in [-0.39, 0.29) is 26.6 Å². The van der Waals surface area contributed by atoms with Crippen molar-refractivity contribution in [2.75, 3.05) is 5.73 Å². The molecule has 1 heterocycles. The zero-order valence-corrected chi connectivity index (χ0v) is 13.4. The molecular formula is C12H15Cl3N4O. The van der Waals surface area contributed by atoms with Gasteiger partial charge in [-0.25, -0.2) is 10.4 Å². The number of hydrogen-bond donors (Lipinski definition) is 2. The monoisotopic (exact) mass is 336 g/mol. The summed E-state index contributed by atoms with van der Waals surface area (Å²) in [7, 11) is 0. The second-order valence-corrected chi connectivity index (χ2v) is 5.30. The van der Waals surface area contributed by atoms with Crippen LogP contribution in [0.3, 0.4) is 0 Å². The summed E-state index contributed by atoms with van der Waals surface area (Å²) >= 11 is 17.5. The predicted octanol–water partition coefficient (Wildman–Crippen LogP) is 3.92. The number of nitrogens with one attached hydrogen (secondary N) is 1. The summed E-state index contributed by atoms with van der Waals surface area (Å²) in [6, 6.07) is 0. The van der Waals surface area contributed by atoms with E-state index in [0.29, 0.717) is 0 Å². The molecule has 0 atom stereocenters. The van der Waals surface area contributed by atoms with Crippen LogP contribution in [0.2, 0.25) is 15.2 Å². The summed E-state index contributed by atoms with van der Waals surface area (Å²) < 4.78 is 0. The maximum absolute atomic E-state index is 11.9. The second-order valence-electron chi connectivity index (χ2n) is 4.18. The number of carbonyl (C=O) groups is 1. The first-order chi connectivity index (χ1) is 9.38. The number of amides is 1. The summed E-state index contributed by atoms with van der Waals surface area (Å²) in [6.07, 6.45) is 2.86. The summed E-state index contributed by atoms with van der Waals surface area (Å²) in [5, 5.41) is 3.86. The largest absolute Gasteiger partial charge is 0.396 e. The number of aromatic nitrogens is 1. The fourth-order valence-corrected chi connectivity index (χ4v) is 1.96. The number of hydrogen-bond acceptors (Lipinski definition) is 4. The fraction of sp³-hybridized carbons (Fsp3) is 0.417. The van der Waals surface area contributed by atoms with E-state index in [2.05, 4.69) is 22.4 Å². The van der Waals surface area contributed by atoms with Crippen LogP contribution in [0, 0.1) is 0 Å². The molecule has 1 aromatic rings. The Morgan fingerprint density at radius 1 is 1.35 bits per heavy atom. The van der Waals surface area contributed by atoms with E-state index in [4.69, 9.17) is 40.5 Å². The number of unbranched alkanes of at least 4 members (excludes halogenated alkanes) is 1. The van der Waals surface area contributed by atoms with Crippen LogP contribution in [-0.4, -0.2) is 16.6 Å². The maximum atomic E-state index is 11.9. The number of carbonyl (C=O) groups excluding carboxylic acids is 1. The van der Waals surface area contributed by atoms with Gasteiger partial charge in [0, 0.05) is 5.71 Å². The van der Waals surface area contributed by atoms with Crippen molar-refractivity contribution < 1.29 is 4.79 Å². The van der Waals surface area contributed by atoms with Gasteiger partial charge in [0.2, 0.25) is 0 Å². The van der Waals surface area contributed by atoms with Crippen LogP contribution < -0.4 is 11.2 Å². The fourth-order valence-electron chi connectivity index (χ4n) is 1.37. The molecule has 0 fully saturated rings. The van der Waals surface area contributed by atoms with Gasteiger partial charge in [0.15, 0.2) is 10.8 Å². The molecule has 0 unspecified atom stereocenters. The third-order valence-corrected chi connectivity index (χ3v) is 3.66. The number of nitrogens with two attached hydrogens (primary N) is 1. The van der Waals surface area contributed by atoms with Gasteiger partial charge in [-0.1, -0.05) is 48.1 Å². The van der Waals surface area contributed by atoms with E-state index in [1.165, 1.54) is 0 Å². The molecule has 0 aliphatic carbocycles. The highest BCUT2D eigenvalue weighted by Crippen LogP contribution is 2.34. The molecule has 20 heavy (non-hydrogen) atoms. The average Bonchev–Trinajstić information content (AvgIpc) is 2.44. The Balaban J connectivity index is 2.89. The van der Waals surface area contributed by atoms with Crippen LogP contribution in [0.15, 0.2) is 5.10 Å². The first-order valence-electron chi connectivity index (χ1n) is 6.01. The molecule has 0 bridgehead atoms. The summed E-state index contributed by atoms with van der Waals surface area (Å²) in [5.74, 6) is -0.587. The van der Waals surface area contributed by atoms with E-state index < -0.39 is 5.91 Å². The van der Waals surface area contributed by atoms with Gasteiger partial charge < -0.3 is 5.73 Å². The van der Waals surface area contributed by atoms with Gasteiger partial charge in [-0.2, -0.15) is 5.10 Å². The normalized spacial score (nSPS) is 11.6. The smallest absolute Gasteiger partial charge is 0.291 e. The molecule has 0 radical (unpaired) electrons. The van der Waals surface area contributed by atoms with E-state index in [0.717, 1.165) is 25.0 Å². The molecule has 110 valence electrons. The minimum absolute atomic E-state index is 0.0187. The maximum Gasteiger partial charge on any atom is 0.291 e. The van der Waals surface area contributed by atoms with Gasteiger partial charge in [0.25, 0.3) is 5.91 Å². The summed E-state index contributed by atoms with van der Waals surface area (Å²) in [4.78, 5) is 15.8. The Bertz CT molecular complexity index is 546. The lowest BCUT2D eigenvalue weighted by Gasteiger charge is -2.08. The van der Waals surface area contributed by atoms with Crippen LogP contribution in [0.5, 0.6) is 0 Å². The van der Waals surface area contributed by atoms with Crippen molar-refractivity contribution in [3.05, 3.63) is 20.9 Å². The molecular weight excluding hydrogens is 323 g/mol. The zero-order chi connectivity index (χ0) is 15.3. The van der Waals surface area contributed by atoms with E-state index in [1.807, 2.05) is 6.92 Å². The molecule has 1 rings (SSSR count). The third kappa shape index (κ3) is 4.23. The average molecular weight is 338 g/mol. The number of nitrogens with zero attached hydrogens (tertiary/aromatic N) is 2. The minimum Gasteiger partial charge on any atom is -0.396 e. The van der Waals surface area contributed by atoms with Crippen molar-refractivity contribution in [1.82, 2.24) is 10.4 Å². The Labute approximate surface area is 132 Å². The first-order valence-corrected chi connectivity index (χ1v) is 7.15. The predicted molar refractivity (Wildman–Crippen MR) is 83.8 cm³/mol. The highest BCUT2D eigenvalue weighted by atomic mass is 35.5. The molecule has 3 N–H and O–H groups in total. The summed E-state index contributed by atoms with van der Waals surface area (Å²) in [5.41, 5.74) is 8.73. The lowest BCUT2D eigenvalue weighted by molar-refractivity contribution is 0.0950. The van der Waals surface area contributed by atoms with Crippen molar-refractivity contribution in [1.29, 1.82) is 0 Å². The van der Waals surface area contributed by atoms with Crippen molar-refractivity contribution >= 4 is 52.1 Å². The number of halogens is 3. The van der Waals surface area contributed by atoms with Gasteiger partial charge in [-0.3, -0.25) is 4.79 Å². The van der Waals surface area contributed by atoms with E-state index in [1.54, 1.807) is 0 Å². The SMILES string of the molecule is CCCC/C(C)=N/NC(=O)c1nc(Cl)c(Cl)c(N)c1Cl.